The van der Waals surface area contributed by atoms with Gasteiger partial charge in [-0.2, -0.15) is 0 Å². The summed E-state index contributed by atoms with van der Waals surface area (Å²) < 4.78 is -0.452. The van der Waals surface area contributed by atoms with Gasteiger partial charge in [0.25, 0.3) is 3.79 Å². The number of guanidine groups is 1. The van der Waals surface area contributed by atoms with Gasteiger partial charge in [-0.3, -0.25) is 14.6 Å². The van der Waals surface area contributed by atoms with Crippen molar-refractivity contribution in [1.29, 1.82) is 0 Å². The summed E-state index contributed by atoms with van der Waals surface area (Å²) in [6, 6.07) is 0. The molecule has 17 heavy (non-hydrogen) atoms. The van der Waals surface area contributed by atoms with E-state index in [1.165, 1.54) is 22.6 Å². The number of hydrogen-bond acceptors (Lipinski definition) is 5. The summed E-state index contributed by atoms with van der Waals surface area (Å²) in [6.45, 7) is 1.07. The predicted molar refractivity (Wildman–Crippen MR) is 72.4 cm³/mol. The molecule has 0 spiro atoms. The number of Topliss-reactive ketones (excluding diaryl/α,β-unsaturated/α-hetero) is 1. The van der Waals surface area contributed by atoms with E-state index in [0.717, 1.165) is 0 Å². The number of halogens is 1. The van der Waals surface area contributed by atoms with Crippen molar-refractivity contribution in [2.75, 3.05) is 20.1 Å². The number of likely N-dealkylation sites (N-methyl/N-ethyl adjacent to an activating group) is 1. The number of ketones is 1. The van der Waals surface area contributed by atoms with Crippen molar-refractivity contribution >= 4 is 38.1 Å². The molecule has 0 radical (unpaired) electrons. The van der Waals surface area contributed by atoms with Gasteiger partial charge in [0, 0.05) is 35.7 Å². The maximum absolute atomic E-state index is 11.9. The van der Waals surface area contributed by atoms with Crippen molar-refractivity contribution in [2.45, 2.75) is 18.4 Å². The lowest BCUT2D eigenvalue weighted by atomic mass is 9.84. The molecule has 0 aliphatic carbocycles. The van der Waals surface area contributed by atoms with Crippen molar-refractivity contribution < 1.29 is 9.59 Å². The van der Waals surface area contributed by atoms with Gasteiger partial charge in [0.15, 0.2) is 0 Å². The zero-order valence-corrected chi connectivity index (χ0v) is 11.7. The molecule has 0 aromatic rings. The van der Waals surface area contributed by atoms with Crippen LogP contribution in [0.3, 0.4) is 0 Å². The fourth-order valence-corrected chi connectivity index (χ4v) is 2.43. The fourth-order valence-electron chi connectivity index (χ4n) is 1.92. The van der Waals surface area contributed by atoms with E-state index in [1.54, 1.807) is 12.1 Å². The minimum atomic E-state index is -0.770. The maximum Gasteiger partial charge on any atom is 0.259 e. The summed E-state index contributed by atoms with van der Waals surface area (Å²) in [6.07, 6.45) is 1.02. The highest BCUT2D eigenvalue weighted by Gasteiger charge is 2.42. The molecule has 1 aliphatic heterocycles. The molecule has 96 valence electrons. The average Bonchev–Trinajstić information content (AvgIpc) is 2.28. The number of nitrogens with one attached hydrogen (secondary N) is 1. The summed E-state index contributed by atoms with van der Waals surface area (Å²) in [7, 11) is 1.69. The Morgan fingerprint density at radius 2 is 1.88 bits per heavy atom. The highest BCUT2D eigenvalue weighted by atomic mass is 127. The summed E-state index contributed by atoms with van der Waals surface area (Å²) in [5.74, 6) is -0.386. The molecule has 5 N–H and O–H groups in total. The molecule has 1 aliphatic rings. The Kier molecular flexibility index (Phi) is 4.69. The lowest BCUT2D eigenvalue weighted by Crippen LogP contribution is -2.58. The first-order valence-electron chi connectivity index (χ1n) is 5.19. The molecular formula is C9H16IN5O2. The van der Waals surface area contributed by atoms with Crippen molar-refractivity contribution in [3.63, 3.8) is 0 Å². The van der Waals surface area contributed by atoms with Crippen LogP contribution in [0.5, 0.6) is 0 Å². The monoisotopic (exact) mass is 353 g/mol. The predicted octanol–water partition coefficient (Wildman–Crippen LogP) is -1.24. The maximum atomic E-state index is 11.9. The normalized spacial score (nSPS) is 18.6. The zero-order valence-electron chi connectivity index (χ0n) is 9.57. The first-order chi connectivity index (χ1) is 7.91. The van der Waals surface area contributed by atoms with Crippen LogP contribution in [0.25, 0.3) is 0 Å². The van der Waals surface area contributed by atoms with Crippen LogP contribution >= 0.6 is 22.6 Å². The summed E-state index contributed by atoms with van der Waals surface area (Å²) in [5.41, 5.74) is 9.79. The van der Waals surface area contributed by atoms with Gasteiger partial charge in [0.2, 0.25) is 11.7 Å². The number of rotatable bonds is 4. The highest BCUT2D eigenvalue weighted by Crippen LogP contribution is 2.24. The molecule has 0 amide bonds. The molecule has 0 aromatic heterocycles. The second-order valence-electron chi connectivity index (χ2n) is 3.91. The molecule has 1 rings (SSSR count). The molecule has 1 heterocycles. The largest absolute Gasteiger partial charge is 0.369 e. The number of piperidine rings is 1. The van der Waals surface area contributed by atoms with Crippen LogP contribution in [0.2, 0.25) is 0 Å². The second kappa shape index (κ2) is 5.63. The SMILES string of the molecule is CNC1(C(=O)C(=O)I)CCN(N=C(N)N)CC1. The van der Waals surface area contributed by atoms with E-state index in [4.69, 9.17) is 11.5 Å². The third-order valence-corrected chi connectivity index (χ3v) is 3.43. The van der Waals surface area contributed by atoms with E-state index in [-0.39, 0.29) is 11.7 Å². The molecule has 8 heteroatoms. The lowest BCUT2D eigenvalue weighted by Gasteiger charge is -2.38. The number of carbonyl (C=O) groups excluding carboxylic acids is 2. The van der Waals surface area contributed by atoms with Gasteiger partial charge in [0.1, 0.15) is 0 Å². The van der Waals surface area contributed by atoms with Crippen molar-refractivity contribution in [1.82, 2.24) is 10.3 Å². The molecule has 7 nitrogen and oxygen atoms in total. The minimum absolute atomic E-state index is 0.00162. The first-order valence-corrected chi connectivity index (χ1v) is 6.27. The fraction of sp³-hybridized carbons (Fsp3) is 0.667. The van der Waals surface area contributed by atoms with Crippen LogP contribution in [0.4, 0.5) is 0 Å². The Morgan fingerprint density at radius 1 is 1.35 bits per heavy atom. The Labute approximate surface area is 113 Å². The highest BCUT2D eigenvalue weighted by molar-refractivity contribution is 14.1. The van der Waals surface area contributed by atoms with Gasteiger partial charge in [-0.05, 0) is 19.9 Å². The standard InChI is InChI=1S/C9H16IN5O2/c1-13-9(6(16)7(10)17)2-4-15(5-3-9)14-8(11)12/h13H,2-5H2,1H3,(H4,11,12,14). The van der Waals surface area contributed by atoms with Gasteiger partial charge in [-0.25, -0.2) is 0 Å². The number of carbonyl (C=O) groups is 2. The molecule has 0 saturated carbocycles. The van der Waals surface area contributed by atoms with Crippen LogP contribution in [-0.4, -0.2) is 46.2 Å². The van der Waals surface area contributed by atoms with Crippen LogP contribution in [0.15, 0.2) is 5.10 Å². The number of hydrogen-bond donors (Lipinski definition) is 3. The minimum Gasteiger partial charge on any atom is -0.369 e. The Balaban J connectivity index is 2.73. The van der Waals surface area contributed by atoms with Crippen LogP contribution in [0, 0.1) is 0 Å². The van der Waals surface area contributed by atoms with Gasteiger partial charge >= 0.3 is 0 Å². The van der Waals surface area contributed by atoms with E-state index in [9.17, 15) is 9.59 Å². The van der Waals surface area contributed by atoms with Crippen molar-refractivity contribution in [3.8, 4) is 0 Å². The van der Waals surface area contributed by atoms with Gasteiger partial charge in [-0.15, -0.1) is 5.10 Å². The topological polar surface area (TPSA) is 114 Å². The van der Waals surface area contributed by atoms with E-state index in [1.807, 2.05) is 0 Å². The van der Waals surface area contributed by atoms with Crippen LogP contribution in [-0.2, 0) is 9.59 Å². The van der Waals surface area contributed by atoms with Crippen molar-refractivity contribution in [3.05, 3.63) is 0 Å². The van der Waals surface area contributed by atoms with Crippen molar-refractivity contribution in [2.24, 2.45) is 16.6 Å². The lowest BCUT2D eigenvalue weighted by molar-refractivity contribution is -0.136. The summed E-state index contributed by atoms with van der Waals surface area (Å²) in [5, 5.41) is 8.58. The molecule has 0 atom stereocenters. The Morgan fingerprint density at radius 3 is 2.24 bits per heavy atom. The summed E-state index contributed by atoms with van der Waals surface area (Å²) >= 11 is 1.52. The van der Waals surface area contributed by atoms with Gasteiger partial charge in [0.05, 0.1) is 5.54 Å². The first kappa shape index (κ1) is 14.2. The molecule has 1 fully saturated rings. The smallest absolute Gasteiger partial charge is 0.259 e. The number of hydrazone groups is 1. The van der Waals surface area contributed by atoms with E-state index >= 15 is 0 Å². The third-order valence-electron chi connectivity index (χ3n) is 2.94. The number of nitrogens with zero attached hydrogens (tertiary/aromatic N) is 2. The van der Waals surface area contributed by atoms with Crippen LogP contribution in [0.1, 0.15) is 12.8 Å². The molecule has 0 unspecified atom stereocenters. The molecule has 0 aromatic carbocycles. The van der Waals surface area contributed by atoms with E-state index < -0.39 is 9.33 Å². The molecule has 0 bridgehead atoms. The summed E-state index contributed by atoms with van der Waals surface area (Å²) in [4.78, 5) is 23.0. The molecular weight excluding hydrogens is 337 g/mol. The molecule has 1 saturated heterocycles. The van der Waals surface area contributed by atoms with E-state index in [2.05, 4.69) is 10.4 Å². The van der Waals surface area contributed by atoms with Gasteiger partial charge < -0.3 is 16.8 Å². The second-order valence-corrected chi connectivity index (χ2v) is 4.89. The number of nitrogens with two attached hydrogens (primary N) is 2. The van der Waals surface area contributed by atoms with E-state index in [0.29, 0.717) is 25.9 Å². The zero-order chi connectivity index (χ0) is 13.1. The third kappa shape index (κ3) is 3.28. The average molecular weight is 353 g/mol. The van der Waals surface area contributed by atoms with Gasteiger partial charge in [-0.1, -0.05) is 0 Å². The van der Waals surface area contributed by atoms with Crippen LogP contribution < -0.4 is 16.8 Å². The Bertz CT molecular complexity index is 345. The Hall–Kier alpha value is -0.900. The quantitative estimate of drug-likeness (QED) is 0.192.